The highest BCUT2D eigenvalue weighted by molar-refractivity contribution is 14.1. The van der Waals surface area contributed by atoms with Crippen LogP contribution in [0.25, 0.3) is 33.2 Å². The topological polar surface area (TPSA) is 33.0 Å². The first-order chi connectivity index (χ1) is 16.6. The van der Waals surface area contributed by atoms with Crippen molar-refractivity contribution in [2.45, 2.75) is 6.61 Å². The van der Waals surface area contributed by atoms with Crippen LogP contribution in [0.2, 0.25) is 0 Å². The van der Waals surface area contributed by atoms with E-state index in [4.69, 9.17) is 4.74 Å². The van der Waals surface area contributed by atoms with Crippen molar-refractivity contribution in [2.75, 3.05) is 0 Å². The summed E-state index contributed by atoms with van der Waals surface area (Å²) in [5, 5.41) is 14.6. The Labute approximate surface area is 226 Å². The molecule has 0 N–H and O–H groups in total. The Hall–Kier alpha value is -2.89. The van der Waals surface area contributed by atoms with Gasteiger partial charge in [-0.1, -0.05) is 72.8 Å². The number of hydrogen-bond acceptors (Lipinski definition) is 2. The number of hydrogen-bond donors (Lipinski definition) is 0. The van der Waals surface area contributed by atoms with Gasteiger partial charge in [-0.05, 0) is 114 Å². The van der Waals surface area contributed by atoms with Gasteiger partial charge in [0.15, 0.2) is 0 Å². The third-order valence-corrected chi connectivity index (χ3v) is 7.31. The van der Waals surface area contributed by atoms with E-state index >= 15 is 0 Å². The van der Waals surface area contributed by atoms with E-state index in [0.717, 1.165) is 35.0 Å². The van der Waals surface area contributed by atoms with E-state index in [9.17, 15) is 5.26 Å². The first-order valence-corrected chi connectivity index (χ1v) is 13.0. The molecule has 0 bridgehead atoms. The number of allylic oxidation sites excluding steroid dienone is 1. The standard InChI is InChI=1S/C30H19I2NO/c31-28-15-21(14-27(18-33)26-12-11-23-6-2-4-8-25(23)17-26)16-29(32)30(28)34-19-20-9-10-22-5-1-3-7-24(22)13-20/h1-17H,19H2/b27-14-. The molecule has 164 valence electrons. The number of nitriles is 1. The van der Waals surface area contributed by atoms with Gasteiger partial charge in [-0.15, -0.1) is 0 Å². The molecule has 0 radical (unpaired) electrons. The largest absolute Gasteiger partial charge is 0.487 e. The van der Waals surface area contributed by atoms with Crippen molar-refractivity contribution < 1.29 is 4.74 Å². The maximum atomic E-state index is 9.84. The van der Waals surface area contributed by atoms with Crippen LogP contribution < -0.4 is 4.74 Å². The molecule has 0 aliphatic rings. The van der Waals surface area contributed by atoms with E-state index in [-0.39, 0.29) is 0 Å². The number of rotatable bonds is 5. The maximum Gasteiger partial charge on any atom is 0.146 e. The summed E-state index contributed by atoms with van der Waals surface area (Å²) in [6.07, 6.45) is 1.95. The van der Waals surface area contributed by atoms with Crippen LogP contribution in [0.3, 0.4) is 0 Å². The lowest BCUT2D eigenvalue weighted by molar-refractivity contribution is 0.302. The molecule has 5 aromatic rings. The Morgan fingerprint density at radius 1 is 0.735 bits per heavy atom. The summed E-state index contributed by atoms with van der Waals surface area (Å²) >= 11 is 4.62. The summed E-state index contributed by atoms with van der Waals surface area (Å²) in [4.78, 5) is 0. The van der Waals surface area contributed by atoms with Crippen molar-refractivity contribution in [1.29, 1.82) is 5.26 Å². The monoisotopic (exact) mass is 663 g/mol. The summed E-state index contributed by atoms with van der Waals surface area (Å²) in [6.45, 7) is 0.507. The minimum absolute atomic E-state index is 0.507. The Bertz CT molecular complexity index is 1570. The molecule has 0 amide bonds. The average molecular weight is 663 g/mol. The lowest BCUT2D eigenvalue weighted by atomic mass is 10.0. The van der Waals surface area contributed by atoms with Crippen LogP contribution in [0, 0.1) is 18.5 Å². The number of halogens is 2. The first-order valence-electron chi connectivity index (χ1n) is 10.8. The smallest absolute Gasteiger partial charge is 0.146 e. The van der Waals surface area contributed by atoms with Gasteiger partial charge in [-0.25, -0.2) is 0 Å². The molecule has 0 atom stereocenters. The van der Waals surface area contributed by atoms with Crippen LogP contribution >= 0.6 is 45.2 Å². The molecule has 2 nitrogen and oxygen atoms in total. The van der Waals surface area contributed by atoms with Gasteiger partial charge >= 0.3 is 0 Å². The van der Waals surface area contributed by atoms with Crippen LogP contribution in [0.1, 0.15) is 16.7 Å². The zero-order valence-electron chi connectivity index (χ0n) is 18.1. The molecule has 4 heteroatoms. The molecule has 0 spiro atoms. The summed E-state index contributed by atoms with van der Waals surface area (Å²) in [5.74, 6) is 0.871. The highest BCUT2D eigenvalue weighted by atomic mass is 127. The Balaban J connectivity index is 1.40. The Kier molecular flexibility index (Phi) is 6.84. The molecule has 0 saturated heterocycles. The van der Waals surface area contributed by atoms with E-state index in [1.165, 1.54) is 16.2 Å². The number of ether oxygens (including phenoxy) is 1. The summed E-state index contributed by atoms with van der Waals surface area (Å²) in [6, 6.07) is 35.6. The molecule has 0 saturated carbocycles. The molecular weight excluding hydrogens is 644 g/mol. The predicted molar refractivity (Wildman–Crippen MR) is 158 cm³/mol. The number of fused-ring (bicyclic) bond motifs is 2. The Morgan fingerprint density at radius 3 is 1.97 bits per heavy atom. The van der Waals surface area contributed by atoms with Crippen molar-refractivity contribution in [2.24, 2.45) is 0 Å². The van der Waals surface area contributed by atoms with E-state index in [2.05, 4.69) is 130 Å². The molecule has 5 rings (SSSR count). The van der Waals surface area contributed by atoms with E-state index < -0.39 is 0 Å². The van der Waals surface area contributed by atoms with Crippen LogP contribution in [-0.2, 0) is 6.61 Å². The van der Waals surface area contributed by atoms with Crippen LogP contribution in [0.15, 0.2) is 97.1 Å². The predicted octanol–water partition coefficient (Wildman–Crippen LogP) is 8.85. The molecule has 34 heavy (non-hydrogen) atoms. The third kappa shape index (κ3) is 4.96. The third-order valence-electron chi connectivity index (χ3n) is 5.71. The Morgan fingerprint density at radius 2 is 1.32 bits per heavy atom. The van der Waals surface area contributed by atoms with Crippen LogP contribution in [0.4, 0.5) is 0 Å². The van der Waals surface area contributed by atoms with Crippen molar-refractivity contribution in [1.82, 2.24) is 0 Å². The molecule has 0 aliphatic heterocycles. The highest BCUT2D eigenvalue weighted by Crippen LogP contribution is 2.32. The van der Waals surface area contributed by atoms with Gasteiger partial charge in [0.2, 0.25) is 0 Å². The normalized spacial score (nSPS) is 11.5. The van der Waals surface area contributed by atoms with Crippen LogP contribution in [0.5, 0.6) is 5.75 Å². The zero-order chi connectivity index (χ0) is 23.5. The van der Waals surface area contributed by atoms with E-state index in [1.807, 2.05) is 24.3 Å². The van der Waals surface area contributed by atoms with Gasteiger partial charge < -0.3 is 4.74 Å². The van der Waals surface area contributed by atoms with Gasteiger partial charge in [-0.3, -0.25) is 0 Å². The van der Waals surface area contributed by atoms with Gasteiger partial charge in [0.1, 0.15) is 12.4 Å². The fourth-order valence-electron chi connectivity index (χ4n) is 3.99. The lowest BCUT2D eigenvalue weighted by Crippen LogP contribution is -1.99. The molecule has 0 unspecified atom stereocenters. The first kappa shape index (κ1) is 22.9. The second-order valence-corrected chi connectivity index (χ2v) is 10.3. The summed E-state index contributed by atoms with van der Waals surface area (Å²) in [7, 11) is 0. The molecule has 0 aromatic heterocycles. The molecular formula is C30H19I2NO. The summed E-state index contributed by atoms with van der Waals surface area (Å²) < 4.78 is 8.26. The fraction of sp³-hybridized carbons (Fsp3) is 0.0333. The highest BCUT2D eigenvalue weighted by Gasteiger charge is 2.11. The quantitative estimate of drug-likeness (QED) is 0.107. The molecule has 0 heterocycles. The number of nitrogens with zero attached hydrogens (tertiary/aromatic N) is 1. The van der Waals surface area contributed by atoms with Crippen molar-refractivity contribution >= 4 is 78.4 Å². The van der Waals surface area contributed by atoms with Crippen LogP contribution in [-0.4, -0.2) is 0 Å². The van der Waals surface area contributed by atoms with Crippen molar-refractivity contribution in [3.05, 3.63) is 121 Å². The van der Waals surface area contributed by atoms with Crippen molar-refractivity contribution in [3.8, 4) is 11.8 Å². The van der Waals surface area contributed by atoms with Gasteiger partial charge in [0.25, 0.3) is 0 Å². The maximum absolute atomic E-state index is 9.84. The average Bonchev–Trinajstić information content (AvgIpc) is 2.86. The van der Waals surface area contributed by atoms with Crippen molar-refractivity contribution in [3.63, 3.8) is 0 Å². The second kappa shape index (κ2) is 10.2. The SMILES string of the molecule is N#C/C(=C/c1cc(I)c(OCc2ccc3ccccc3c2)c(I)c1)c1ccc2ccccc2c1. The van der Waals surface area contributed by atoms with E-state index in [0.29, 0.717) is 12.2 Å². The molecule has 0 fully saturated rings. The van der Waals surface area contributed by atoms with Gasteiger partial charge in [0.05, 0.1) is 18.8 Å². The molecule has 5 aromatic carbocycles. The van der Waals surface area contributed by atoms with Gasteiger partial charge in [0, 0.05) is 0 Å². The van der Waals surface area contributed by atoms with Gasteiger partial charge in [-0.2, -0.15) is 5.26 Å². The second-order valence-electron chi connectivity index (χ2n) is 8.02. The minimum atomic E-state index is 0.507. The summed E-state index contributed by atoms with van der Waals surface area (Å²) in [5.41, 5.74) is 3.68. The molecule has 0 aliphatic carbocycles. The van der Waals surface area contributed by atoms with E-state index in [1.54, 1.807) is 0 Å². The fourth-order valence-corrected chi connectivity index (χ4v) is 6.12. The lowest BCUT2D eigenvalue weighted by Gasteiger charge is -2.12. The minimum Gasteiger partial charge on any atom is -0.487 e. The zero-order valence-corrected chi connectivity index (χ0v) is 22.4. The number of benzene rings is 5.